The van der Waals surface area contributed by atoms with Crippen LogP contribution in [0.25, 0.3) is 0 Å². The number of hydrogen-bond acceptors (Lipinski definition) is 4. The van der Waals surface area contributed by atoms with Crippen LogP contribution in [0.2, 0.25) is 0 Å². The van der Waals surface area contributed by atoms with Gasteiger partial charge < -0.3 is 20.7 Å². The second kappa shape index (κ2) is 6.38. The highest BCUT2D eigenvalue weighted by Gasteiger charge is 2.22. The van der Waals surface area contributed by atoms with Crippen LogP contribution in [0.4, 0.5) is 11.4 Å². The number of carbonyl (C=O) groups is 2. The Bertz CT molecular complexity index is 510. The Hall–Kier alpha value is -2.08. The van der Waals surface area contributed by atoms with Crippen LogP contribution in [0, 0.1) is 0 Å². The van der Waals surface area contributed by atoms with E-state index in [0.717, 1.165) is 19.4 Å². The van der Waals surface area contributed by atoms with Gasteiger partial charge in [-0.3, -0.25) is 9.59 Å². The van der Waals surface area contributed by atoms with Crippen molar-refractivity contribution < 1.29 is 14.3 Å². The van der Waals surface area contributed by atoms with Crippen molar-refractivity contribution in [3.05, 3.63) is 18.2 Å². The molecule has 0 aliphatic carbocycles. The van der Waals surface area contributed by atoms with Crippen LogP contribution in [0.3, 0.4) is 0 Å². The maximum atomic E-state index is 12.0. The molecule has 1 atom stereocenters. The van der Waals surface area contributed by atoms with E-state index in [-0.39, 0.29) is 17.9 Å². The van der Waals surface area contributed by atoms with Gasteiger partial charge in [-0.25, -0.2) is 0 Å². The Balaban J connectivity index is 2.08. The molecule has 2 rings (SSSR count). The van der Waals surface area contributed by atoms with Gasteiger partial charge in [-0.05, 0) is 31.5 Å². The molecule has 2 amide bonds. The molecule has 1 saturated heterocycles. The van der Waals surface area contributed by atoms with E-state index in [1.807, 2.05) is 0 Å². The van der Waals surface area contributed by atoms with E-state index in [0.29, 0.717) is 17.1 Å². The zero-order valence-electron chi connectivity index (χ0n) is 11.7. The van der Waals surface area contributed by atoms with Gasteiger partial charge >= 0.3 is 0 Å². The molecule has 0 radical (unpaired) electrons. The number of nitrogens with one attached hydrogen (secondary N) is 3. The predicted octanol–water partition coefficient (Wildman–Crippen LogP) is 1.34. The topological polar surface area (TPSA) is 79.5 Å². The Labute approximate surface area is 117 Å². The lowest BCUT2D eigenvalue weighted by Crippen LogP contribution is -2.35. The van der Waals surface area contributed by atoms with Crippen LogP contribution >= 0.6 is 0 Å². The summed E-state index contributed by atoms with van der Waals surface area (Å²) in [5, 5.41) is 8.66. The van der Waals surface area contributed by atoms with Gasteiger partial charge in [-0.2, -0.15) is 0 Å². The zero-order chi connectivity index (χ0) is 14.5. The lowest BCUT2D eigenvalue weighted by atomic mass is 10.2. The van der Waals surface area contributed by atoms with Crippen molar-refractivity contribution in [1.82, 2.24) is 5.32 Å². The van der Waals surface area contributed by atoms with Crippen LogP contribution in [0.1, 0.15) is 19.8 Å². The third-order valence-corrected chi connectivity index (χ3v) is 3.16. The van der Waals surface area contributed by atoms with Gasteiger partial charge in [-0.15, -0.1) is 0 Å². The highest BCUT2D eigenvalue weighted by molar-refractivity contribution is 5.96. The van der Waals surface area contributed by atoms with Crippen molar-refractivity contribution in [2.45, 2.75) is 25.8 Å². The number of ether oxygens (including phenoxy) is 1. The van der Waals surface area contributed by atoms with Crippen LogP contribution in [-0.4, -0.2) is 31.5 Å². The second-order valence-electron chi connectivity index (χ2n) is 4.73. The van der Waals surface area contributed by atoms with Crippen LogP contribution in [0.15, 0.2) is 18.2 Å². The predicted molar refractivity (Wildman–Crippen MR) is 77.0 cm³/mol. The molecule has 1 aromatic rings. The van der Waals surface area contributed by atoms with Gasteiger partial charge in [0.2, 0.25) is 11.8 Å². The quantitative estimate of drug-likeness (QED) is 0.776. The summed E-state index contributed by atoms with van der Waals surface area (Å²) in [6.07, 6.45) is 1.87. The summed E-state index contributed by atoms with van der Waals surface area (Å²) in [5.74, 6) is 0.296. The molecular weight excluding hydrogens is 258 g/mol. The summed E-state index contributed by atoms with van der Waals surface area (Å²) in [6.45, 7) is 2.31. The molecule has 108 valence electrons. The number of carbonyl (C=O) groups excluding carboxylic acids is 2. The van der Waals surface area contributed by atoms with Gasteiger partial charge in [0.05, 0.1) is 18.8 Å². The first-order chi connectivity index (χ1) is 9.60. The van der Waals surface area contributed by atoms with E-state index in [4.69, 9.17) is 4.74 Å². The fourth-order valence-corrected chi connectivity index (χ4v) is 2.20. The third kappa shape index (κ3) is 3.48. The van der Waals surface area contributed by atoms with Crippen molar-refractivity contribution in [3.63, 3.8) is 0 Å². The van der Waals surface area contributed by atoms with Crippen molar-refractivity contribution >= 4 is 23.2 Å². The average Bonchev–Trinajstić information content (AvgIpc) is 2.94. The molecule has 6 heteroatoms. The first-order valence-electron chi connectivity index (χ1n) is 6.60. The van der Waals surface area contributed by atoms with Crippen molar-refractivity contribution in [3.8, 4) is 5.75 Å². The minimum Gasteiger partial charge on any atom is -0.494 e. The summed E-state index contributed by atoms with van der Waals surface area (Å²) < 4.78 is 5.21. The monoisotopic (exact) mass is 277 g/mol. The molecule has 1 heterocycles. The number of rotatable bonds is 4. The fourth-order valence-electron chi connectivity index (χ4n) is 2.20. The Morgan fingerprint density at radius 3 is 2.75 bits per heavy atom. The number of methoxy groups -OCH3 is 1. The lowest BCUT2D eigenvalue weighted by molar-refractivity contribution is -0.118. The molecule has 1 fully saturated rings. The smallest absolute Gasteiger partial charge is 0.241 e. The van der Waals surface area contributed by atoms with Gasteiger partial charge in [0.15, 0.2) is 0 Å². The van der Waals surface area contributed by atoms with E-state index >= 15 is 0 Å². The molecular formula is C14H19N3O3. The molecule has 0 saturated carbocycles. The molecule has 0 aromatic heterocycles. The SMILES string of the molecule is COc1cc(NC(=O)C2CCCN2)ccc1NC(C)=O. The third-order valence-electron chi connectivity index (χ3n) is 3.16. The van der Waals surface area contributed by atoms with Gasteiger partial charge in [0, 0.05) is 18.7 Å². The summed E-state index contributed by atoms with van der Waals surface area (Å²) >= 11 is 0. The van der Waals surface area contributed by atoms with E-state index in [1.165, 1.54) is 14.0 Å². The molecule has 0 spiro atoms. The van der Waals surface area contributed by atoms with Crippen molar-refractivity contribution in [1.29, 1.82) is 0 Å². The average molecular weight is 277 g/mol. The van der Waals surface area contributed by atoms with Crippen LogP contribution < -0.4 is 20.7 Å². The molecule has 1 aliphatic rings. The summed E-state index contributed by atoms with van der Waals surface area (Å²) in [4.78, 5) is 23.1. The highest BCUT2D eigenvalue weighted by atomic mass is 16.5. The molecule has 6 nitrogen and oxygen atoms in total. The largest absolute Gasteiger partial charge is 0.494 e. The van der Waals surface area contributed by atoms with E-state index in [2.05, 4.69) is 16.0 Å². The summed E-state index contributed by atoms with van der Waals surface area (Å²) in [6, 6.07) is 5.01. The second-order valence-corrected chi connectivity index (χ2v) is 4.73. The Morgan fingerprint density at radius 1 is 1.35 bits per heavy atom. The lowest BCUT2D eigenvalue weighted by Gasteiger charge is -2.14. The van der Waals surface area contributed by atoms with Crippen molar-refractivity contribution in [2.75, 3.05) is 24.3 Å². The Kier molecular flexibility index (Phi) is 4.57. The van der Waals surface area contributed by atoms with Gasteiger partial charge in [0.25, 0.3) is 0 Å². The minimum absolute atomic E-state index is 0.0446. The molecule has 3 N–H and O–H groups in total. The zero-order valence-corrected chi connectivity index (χ0v) is 11.7. The molecule has 20 heavy (non-hydrogen) atoms. The molecule has 1 aromatic carbocycles. The fraction of sp³-hybridized carbons (Fsp3) is 0.429. The molecule has 0 bridgehead atoms. The summed E-state index contributed by atoms with van der Waals surface area (Å²) in [7, 11) is 1.52. The van der Waals surface area contributed by atoms with Crippen molar-refractivity contribution in [2.24, 2.45) is 0 Å². The first kappa shape index (κ1) is 14.3. The number of benzene rings is 1. The number of anilines is 2. The van der Waals surface area contributed by atoms with Crippen LogP contribution in [-0.2, 0) is 9.59 Å². The highest BCUT2D eigenvalue weighted by Crippen LogP contribution is 2.28. The number of amides is 2. The molecule has 1 unspecified atom stereocenters. The maximum Gasteiger partial charge on any atom is 0.241 e. The molecule has 1 aliphatic heterocycles. The minimum atomic E-state index is -0.171. The van der Waals surface area contributed by atoms with E-state index in [9.17, 15) is 9.59 Å². The normalized spacial score (nSPS) is 17.6. The van der Waals surface area contributed by atoms with Gasteiger partial charge in [0.1, 0.15) is 5.75 Å². The first-order valence-corrected chi connectivity index (χ1v) is 6.60. The van der Waals surface area contributed by atoms with Gasteiger partial charge in [-0.1, -0.05) is 0 Å². The standard InChI is InChI=1S/C14H19N3O3/c1-9(18)16-11-6-5-10(8-13(11)20-2)17-14(19)12-4-3-7-15-12/h5-6,8,12,15H,3-4,7H2,1-2H3,(H,16,18)(H,17,19). The summed E-state index contributed by atoms with van der Waals surface area (Å²) in [5.41, 5.74) is 1.23. The van der Waals surface area contributed by atoms with E-state index < -0.39 is 0 Å². The maximum absolute atomic E-state index is 12.0. The number of hydrogen-bond donors (Lipinski definition) is 3. The Morgan fingerprint density at radius 2 is 2.15 bits per heavy atom. The van der Waals surface area contributed by atoms with E-state index in [1.54, 1.807) is 18.2 Å². The van der Waals surface area contributed by atoms with Crippen LogP contribution in [0.5, 0.6) is 5.75 Å².